The standard InChI is InChI=1S/C12H21BN2O2/c1-8(2)10-14-7-9(15-10)13-16-11(3,4)12(5,6)17-13/h7-8H,1-6H3,(H,14,15). The molecule has 0 aromatic carbocycles. The summed E-state index contributed by atoms with van der Waals surface area (Å²) in [6, 6.07) is 0. The van der Waals surface area contributed by atoms with Gasteiger partial charge in [-0.15, -0.1) is 0 Å². The molecule has 4 nitrogen and oxygen atoms in total. The predicted octanol–water partition coefficient (Wildman–Crippen LogP) is 1.83. The zero-order chi connectivity index (χ0) is 12.8. The predicted molar refractivity (Wildman–Crippen MR) is 68.4 cm³/mol. The second-order valence-electron chi connectivity index (χ2n) is 5.97. The summed E-state index contributed by atoms with van der Waals surface area (Å²) in [6.07, 6.45) is 1.80. The molecular formula is C12H21BN2O2. The number of nitrogens with one attached hydrogen (secondary N) is 1. The monoisotopic (exact) mass is 236 g/mol. The van der Waals surface area contributed by atoms with Gasteiger partial charge in [-0.05, 0) is 27.7 Å². The molecule has 1 aliphatic heterocycles. The number of hydrogen-bond acceptors (Lipinski definition) is 3. The van der Waals surface area contributed by atoms with Gasteiger partial charge < -0.3 is 14.3 Å². The molecule has 0 saturated carbocycles. The summed E-state index contributed by atoms with van der Waals surface area (Å²) in [5.74, 6) is 1.35. The lowest BCUT2D eigenvalue weighted by atomic mass is 9.86. The fraction of sp³-hybridized carbons (Fsp3) is 0.750. The van der Waals surface area contributed by atoms with E-state index >= 15 is 0 Å². The number of H-pyrrole nitrogens is 1. The number of aromatic amines is 1. The Kier molecular flexibility index (Phi) is 2.87. The molecule has 1 aromatic heterocycles. The topological polar surface area (TPSA) is 47.1 Å². The van der Waals surface area contributed by atoms with Gasteiger partial charge in [0.05, 0.1) is 16.8 Å². The summed E-state index contributed by atoms with van der Waals surface area (Å²) in [7, 11) is -0.347. The summed E-state index contributed by atoms with van der Waals surface area (Å²) < 4.78 is 11.9. The molecule has 1 fully saturated rings. The van der Waals surface area contributed by atoms with Crippen LogP contribution in [0.4, 0.5) is 0 Å². The van der Waals surface area contributed by atoms with E-state index in [-0.39, 0.29) is 18.3 Å². The van der Waals surface area contributed by atoms with Gasteiger partial charge in [0.1, 0.15) is 5.82 Å². The van der Waals surface area contributed by atoms with E-state index < -0.39 is 0 Å². The first-order valence-electron chi connectivity index (χ1n) is 6.13. The summed E-state index contributed by atoms with van der Waals surface area (Å²) >= 11 is 0. The van der Waals surface area contributed by atoms with Crippen LogP contribution in [-0.2, 0) is 9.31 Å². The zero-order valence-corrected chi connectivity index (χ0v) is 11.5. The van der Waals surface area contributed by atoms with Gasteiger partial charge in [0.15, 0.2) is 0 Å². The Labute approximate surface area is 103 Å². The van der Waals surface area contributed by atoms with Crippen LogP contribution in [0.15, 0.2) is 6.20 Å². The molecule has 2 heterocycles. The van der Waals surface area contributed by atoms with Crippen molar-refractivity contribution in [3.8, 4) is 0 Å². The molecule has 0 spiro atoms. The van der Waals surface area contributed by atoms with Gasteiger partial charge in [-0.2, -0.15) is 0 Å². The molecule has 1 saturated heterocycles. The van der Waals surface area contributed by atoms with Gasteiger partial charge in [-0.3, -0.25) is 0 Å². The van der Waals surface area contributed by atoms with Crippen LogP contribution in [0.2, 0.25) is 0 Å². The number of rotatable bonds is 2. The van der Waals surface area contributed by atoms with Crippen molar-refractivity contribution in [1.82, 2.24) is 9.97 Å². The Hall–Kier alpha value is -0.805. The fourth-order valence-corrected chi connectivity index (χ4v) is 1.73. The third-order valence-corrected chi connectivity index (χ3v) is 3.67. The lowest BCUT2D eigenvalue weighted by Crippen LogP contribution is -2.41. The van der Waals surface area contributed by atoms with E-state index in [9.17, 15) is 0 Å². The molecular weight excluding hydrogens is 215 g/mol. The van der Waals surface area contributed by atoms with Crippen LogP contribution in [-0.4, -0.2) is 28.3 Å². The van der Waals surface area contributed by atoms with Gasteiger partial charge in [0, 0.05) is 12.1 Å². The van der Waals surface area contributed by atoms with Crippen molar-refractivity contribution in [2.75, 3.05) is 0 Å². The maximum Gasteiger partial charge on any atom is 0.513 e. The van der Waals surface area contributed by atoms with Crippen LogP contribution in [0.5, 0.6) is 0 Å². The van der Waals surface area contributed by atoms with Crippen molar-refractivity contribution < 1.29 is 9.31 Å². The van der Waals surface area contributed by atoms with Gasteiger partial charge >= 0.3 is 7.12 Å². The van der Waals surface area contributed by atoms with Gasteiger partial charge in [0.25, 0.3) is 0 Å². The normalized spacial score (nSPS) is 22.4. The third-order valence-electron chi connectivity index (χ3n) is 3.67. The Morgan fingerprint density at radius 3 is 2.12 bits per heavy atom. The highest BCUT2D eigenvalue weighted by Crippen LogP contribution is 2.36. The van der Waals surface area contributed by atoms with E-state index in [2.05, 4.69) is 23.8 Å². The molecule has 94 valence electrons. The average Bonchev–Trinajstić information content (AvgIpc) is 2.70. The second-order valence-corrected chi connectivity index (χ2v) is 5.97. The molecule has 0 bridgehead atoms. The first-order valence-corrected chi connectivity index (χ1v) is 6.13. The summed E-state index contributed by atoms with van der Waals surface area (Å²) in [6.45, 7) is 12.4. The zero-order valence-electron chi connectivity index (χ0n) is 11.5. The van der Waals surface area contributed by atoms with E-state index in [0.717, 1.165) is 11.4 Å². The Morgan fingerprint density at radius 1 is 1.18 bits per heavy atom. The van der Waals surface area contributed by atoms with Crippen molar-refractivity contribution in [1.29, 1.82) is 0 Å². The van der Waals surface area contributed by atoms with Gasteiger partial charge in [-0.1, -0.05) is 13.8 Å². The van der Waals surface area contributed by atoms with Gasteiger partial charge in [0.2, 0.25) is 0 Å². The average molecular weight is 236 g/mol. The van der Waals surface area contributed by atoms with Crippen molar-refractivity contribution in [2.45, 2.75) is 58.7 Å². The molecule has 0 amide bonds. The number of imidazole rings is 1. The maximum absolute atomic E-state index is 5.95. The molecule has 1 N–H and O–H groups in total. The SMILES string of the molecule is CC(C)c1ncc(B2OC(C)(C)C(C)(C)O2)[nH]1. The van der Waals surface area contributed by atoms with Gasteiger partial charge in [-0.25, -0.2) is 4.98 Å². The number of aromatic nitrogens is 2. The van der Waals surface area contributed by atoms with E-state index in [0.29, 0.717) is 5.92 Å². The third kappa shape index (κ3) is 2.14. The Bertz CT molecular complexity index is 396. The molecule has 5 heteroatoms. The van der Waals surface area contributed by atoms with Crippen molar-refractivity contribution in [2.24, 2.45) is 0 Å². The highest BCUT2D eigenvalue weighted by molar-refractivity contribution is 6.61. The highest BCUT2D eigenvalue weighted by atomic mass is 16.7. The largest absolute Gasteiger partial charge is 0.513 e. The molecule has 2 rings (SSSR count). The molecule has 0 atom stereocenters. The van der Waals surface area contributed by atoms with E-state index in [4.69, 9.17) is 9.31 Å². The minimum atomic E-state index is -0.347. The number of nitrogens with zero attached hydrogens (tertiary/aromatic N) is 1. The van der Waals surface area contributed by atoms with Crippen molar-refractivity contribution in [3.63, 3.8) is 0 Å². The Morgan fingerprint density at radius 2 is 1.71 bits per heavy atom. The van der Waals surface area contributed by atoms with Crippen LogP contribution in [0.1, 0.15) is 53.3 Å². The molecule has 0 aliphatic carbocycles. The first-order chi connectivity index (χ1) is 7.73. The highest BCUT2D eigenvalue weighted by Gasteiger charge is 2.52. The van der Waals surface area contributed by atoms with E-state index in [1.54, 1.807) is 6.20 Å². The molecule has 0 radical (unpaired) electrons. The minimum Gasteiger partial charge on any atom is -0.398 e. The van der Waals surface area contributed by atoms with Crippen LogP contribution in [0.25, 0.3) is 0 Å². The smallest absolute Gasteiger partial charge is 0.398 e. The van der Waals surface area contributed by atoms with E-state index in [1.807, 2.05) is 27.7 Å². The summed E-state index contributed by atoms with van der Waals surface area (Å²) in [4.78, 5) is 7.61. The molecule has 17 heavy (non-hydrogen) atoms. The maximum atomic E-state index is 5.95. The fourth-order valence-electron chi connectivity index (χ4n) is 1.73. The van der Waals surface area contributed by atoms with Crippen molar-refractivity contribution >= 4 is 12.7 Å². The lowest BCUT2D eigenvalue weighted by molar-refractivity contribution is 0.00578. The van der Waals surface area contributed by atoms with Crippen LogP contribution in [0, 0.1) is 0 Å². The molecule has 1 aromatic rings. The van der Waals surface area contributed by atoms with Crippen LogP contribution < -0.4 is 5.59 Å². The van der Waals surface area contributed by atoms with Crippen LogP contribution in [0.3, 0.4) is 0 Å². The molecule has 0 unspecified atom stereocenters. The minimum absolute atomic E-state index is 0.305. The quantitative estimate of drug-likeness (QED) is 0.797. The second kappa shape index (κ2) is 3.85. The Balaban J connectivity index is 2.20. The van der Waals surface area contributed by atoms with E-state index in [1.165, 1.54) is 0 Å². The first kappa shape index (κ1) is 12.6. The number of hydrogen-bond donors (Lipinski definition) is 1. The summed E-state index contributed by atoms with van der Waals surface area (Å²) in [5.41, 5.74) is 0.286. The summed E-state index contributed by atoms with van der Waals surface area (Å²) in [5, 5.41) is 0. The molecule has 1 aliphatic rings. The van der Waals surface area contributed by atoms with Crippen LogP contribution >= 0.6 is 0 Å². The van der Waals surface area contributed by atoms with Crippen molar-refractivity contribution in [3.05, 3.63) is 12.0 Å². The lowest BCUT2D eigenvalue weighted by Gasteiger charge is -2.32.